The minimum atomic E-state index is -1.67. The molecule has 0 saturated heterocycles. The minimum Gasteiger partial charge on any atom is -0.394 e. The maximum absolute atomic E-state index is 8.96. The first-order valence-corrected chi connectivity index (χ1v) is 11.6. The van der Waals surface area contributed by atoms with E-state index in [4.69, 9.17) is 102 Å². The Kier molecular flexibility index (Phi) is 32.7. The van der Waals surface area contributed by atoms with Gasteiger partial charge in [-0.05, 0) is 0 Å². The number of rotatable bonds is 16. The summed E-state index contributed by atoms with van der Waals surface area (Å²) < 4.78 is 0. The Labute approximate surface area is 229 Å². The zero-order valence-corrected chi connectivity index (χ0v) is 21.5. The first-order chi connectivity index (χ1) is 18.5. The van der Waals surface area contributed by atoms with Crippen LogP contribution in [0.25, 0.3) is 0 Å². The second kappa shape index (κ2) is 28.3. The van der Waals surface area contributed by atoms with E-state index in [1.807, 2.05) is 0 Å². The van der Waals surface area contributed by atoms with Crippen LogP contribution in [0.1, 0.15) is 0 Å². The minimum absolute atomic E-state index is 0.365. The molecule has 0 aliphatic carbocycles. The number of aliphatic hydroxyl groups is 20. The third-order valence-corrected chi connectivity index (χ3v) is 4.61. The van der Waals surface area contributed by atoms with Crippen molar-refractivity contribution >= 4 is 0 Å². The third-order valence-electron chi connectivity index (χ3n) is 4.61. The fourth-order valence-electron chi connectivity index (χ4n) is 1.87. The van der Waals surface area contributed by atoms with Crippen LogP contribution in [0.4, 0.5) is 0 Å². The topological polar surface area (TPSA) is 405 Å². The molecule has 20 heteroatoms. The van der Waals surface area contributed by atoms with Crippen LogP contribution in [0.3, 0.4) is 0 Å². The lowest BCUT2D eigenvalue weighted by molar-refractivity contribution is -0.123. The predicted octanol–water partition coefficient (Wildman–Crippen LogP) is -11.8. The van der Waals surface area contributed by atoms with Gasteiger partial charge in [0.15, 0.2) is 0 Å². The number of hydrogen-bond donors (Lipinski definition) is 20. The molecule has 0 aliphatic heterocycles. The van der Waals surface area contributed by atoms with Gasteiger partial charge >= 0.3 is 0 Å². The molecule has 248 valence electrons. The first kappa shape index (κ1) is 46.2. The van der Waals surface area contributed by atoms with E-state index in [-0.39, 0.29) is 13.2 Å². The molecular formula is C20H48O20. The molecule has 40 heavy (non-hydrogen) atoms. The molecule has 0 bridgehead atoms. The molecule has 0 aromatic heterocycles. The fraction of sp³-hybridized carbons (Fsp3) is 1.00. The molecule has 0 rings (SSSR count). The lowest BCUT2D eigenvalue weighted by atomic mass is 10.0. The van der Waals surface area contributed by atoms with Gasteiger partial charge in [-0.25, -0.2) is 0 Å². The Morgan fingerprint density at radius 1 is 0.225 bits per heavy atom. The number of aliphatic hydroxyl groups excluding tert-OH is 20. The molecule has 0 heterocycles. The van der Waals surface area contributed by atoms with Crippen LogP contribution in [-0.4, -0.2) is 228 Å². The molecule has 11 atom stereocenters. The summed E-state index contributed by atoms with van der Waals surface area (Å²) in [4.78, 5) is 0. The van der Waals surface area contributed by atoms with E-state index in [2.05, 4.69) is 0 Å². The fourth-order valence-corrected chi connectivity index (χ4v) is 1.87. The second-order valence-electron chi connectivity index (χ2n) is 7.97. The third kappa shape index (κ3) is 21.9. The Balaban J connectivity index is -0.000000222. The maximum atomic E-state index is 8.96. The summed E-state index contributed by atoms with van der Waals surface area (Å²) in [7, 11) is 0. The summed E-state index contributed by atoms with van der Waals surface area (Å²) in [6.07, 6.45) is -18.0. The van der Waals surface area contributed by atoms with Gasteiger partial charge in [0.25, 0.3) is 0 Å². The average Bonchev–Trinajstić information content (AvgIpc) is 3.00. The van der Waals surface area contributed by atoms with Crippen LogP contribution in [0.5, 0.6) is 0 Å². The van der Waals surface area contributed by atoms with Crippen molar-refractivity contribution < 1.29 is 102 Å². The van der Waals surface area contributed by atoms with Gasteiger partial charge in [0, 0.05) is 0 Å². The molecule has 0 amide bonds. The van der Waals surface area contributed by atoms with E-state index in [0.717, 1.165) is 0 Å². The molecule has 0 aliphatic rings. The molecule has 0 fully saturated rings. The summed E-state index contributed by atoms with van der Waals surface area (Å²) in [5, 5.41) is 171. The lowest BCUT2D eigenvalue weighted by Crippen LogP contribution is -2.46. The number of hydrogen-bond acceptors (Lipinski definition) is 20. The zero-order chi connectivity index (χ0) is 32.6. The van der Waals surface area contributed by atoms with Crippen molar-refractivity contribution in [1.29, 1.82) is 0 Å². The van der Waals surface area contributed by atoms with Gasteiger partial charge in [0.2, 0.25) is 0 Å². The Morgan fingerprint density at radius 3 is 0.475 bits per heavy atom. The Morgan fingerprint density at radius 2 is 0.375 bits per heavy atom. The van der Waals surface area contributed by atoms with Crippen molar-refractivity contribution in [3.05, 3.63) is 0 Å². The van der Waals surface area contributed by atoms with Gasteiger partial charge < -0.3 is 102 Å². The monoisotopic (exact) mass is 608 g/mol. The van der Waals surface area contributed by atoms with E-state index in [1.165, 1.54) is 0 Å². The zero-order valence-electron chi connectivity index (χ0n) is 21.5. The van der Waals surface area contributed by atoms with Gasteiger partial charge in [-0.3, -0.25) is 0 Å². The van der Waals surface area contributed by atoms with E-state index < -0.39 is 113 Å². The SMILES string of the molecule is OCC(O)CO.OC[C@@H](O)C(O)[C@@H](O)CO.OC[C@@H](O)[C@@H](O)[C@H](O)[C@@H](O)CO.OC[C@@H](O)[C@@H](O)[C@H](O)[C@H](O)CO. The standard InChI is InChI=1S/2C6H14O6.C5H12O5.C3H8O3/c2*7-1-3(9)5(11)6(12)4(10)2-8;6-1-3(8)5(10)4(9)2-7;4-1-3(6)2-5/h2*3-12H,1-2H2;3-10H,1-2H2;3-6H,1-2H2/t3-,4+,5-,6-;3-,4-,5-,6-;3-,4+,5?;/m11../s1. The van der Waals surface area contributed by atoms with Gasteiger partial charge in [-0.1, -0.05) is 0 Å². The lowest BCUT2D eigenvalue weighted by Gasteiger charge is -2.24. The van der Waals surface area contributed by atoms with E-state index in [0.29, 0.717) is 0 Å². The van der Waals surface area contributed by atoms with Crippen LogP contribution in [0, 0.1) is 0 Å². The van der Waals surface area contributed by atoms with Gasteiger partial charge in [0.05, 0.1) is 52.9 Å². The summed E-state index contributed by atoms with van der Waals surface area (Å²) in [5.74, 6) is 0. The van der Waals surface area contributed by atoms with Crippen LogP contribution in [0.15, 0.2) is 0 Å². The van der Waals surface area contributed by atoms with Gasteiger partial charge in [-0.2, -0.15) is 0 Å². The highest BCUT2D eigenvalue weighted by Gasteiger charge is 2.30. The molecule has 20 N–H and O–H groups in total. The average molecular weight is 609 g/mol. The first-order valence-electron chi connectivity index (χ1n) is 11.6. The summed E-state index contributed by atoms with van der Waals surface area (Å²) >= 11 is 0. The van der Waals surface area contributed by atoms with Crippen molar-refractivity contribution in [2.75, 3.05) is 52.9 Å². The Hall–Kier alpha value is -0.800. The molecule has 0 spiro atoms. The summed E-state index contributed by atoms with van der Waals surface area (Å²) in [6.45, 7) is -4.91. The van der Waals surface area contributed by atoms with E-state index in [1.54, 1.807) is 0 Å². The maximum Gasteiger partial charge on any atom is 0.111 e. The summed E-state index contributed by atoms with van der Waals surface area (Å²) in [5.41, 5.74) is 0. The largest absolute Gasteiger partial charge is 0.394 e. The molecule has 20 nitrogen and oxygen atoms in total. The van der Waals surface area contributed by atoms with Crippen molar-refractivity contribution in [3.8, 4) is 0 Å². The molecule has 1 unspecified atom stereocenters. The molecule has 0 aromatic carbocycles. The highest BCUT2D eigenvalue weighted by molar-refractivity contribution is 4.80. The van der Waals surface area contributed by atoms with Crippen molar-refractivity contribution in [1.82, 2.24) is 0 Å². The van der Waals surface area contributed by atoms with Gasteiger partial charge in [0.1, 0.15) is 73.2 Å². The highest BCUT2D eigenvalue weighted by atomic mass is 16.4. The molecule has 0 radical (unpaired) electrons. The molecular weight excluding hydrogens is 560 g/mol. The Bertz CT molecular complexity index is 450. The molecule has 0 saturated carbocycles. The van der Waals surface area contributed by atoms with Crippen LogP contribution >= 0.6 is 0 Å². The smallest absolute Gasteiger partial charge is 0.111 e. The van der Waals surface area contributed by atoms with Crippen molar-refractivity contribution in [3.63, 3.8) is 0 Å². The van der Waals surface area contributed by atoms with E-state index in [9.17, 15) is 0 Å². The molecule has 0 aromatic rings. The quantitative estimate of drug-likeness (QED) is 0.0772. The highest BCUT2D eigenvalue weighted by Crippen LogP contribution is 2.05. The predicted molar refractivity (Wildman–Crippen MR) is 129 cm³/mol. The van der Waals surface area contributed by atoms with E-state index >= 15 is 0 Å². The van der Waals surface area contributed by atoms with Crippen molar-refractivity contribution in [2.24, 2.45) is 0 Å². The van der Waals surface area contributed by atoms with Gasteiger partial charge in [-0.15, -0.1) is 0 Å². The second-order valence-corrected chi connectivity index (χ2v) is 7.97. The summed E-state index contributed by atoms with van der Waals surface area (Å²) in [6, 6.07) is 0. The van der Waals surface area contributed by atoms with Crippen LogP contribution in [0.2, 0.25) is 0 Å². The van der Waals surface area contributed by atoms with Crippen LogP contribution < -0.4 is 0 Å². The van der Waals surface area contributed by atoms with Crippen molar-refractivity contribution in [2.45, 2.75) is 73.2 Å². The normalized spacial score (nSPS) is 19.4. The van der Waals surface area contributed by atoms with Crippen LogP contribution in [-0.2, 0) is 0 Å².